The fourth-order valence-corrected chi connectivity index (χ4v) is 3.56. The summed E-state index contributed by atoms with van der Waals surface area (Å²) in [5.41, 5.74) is 1.24. The highest BCUT2D eigenvalue weighted by atomic mass is 32.2. The highest BCUT2D eigenvalue weighted by Gasteiger charge is 2.08. The molecule has 3 rings (SSSR count). The molecule has 0 radical (unpaired) electrons. The Bertz CT molecular complexity index is 783. The van der Waals surface area contributed by atoms with Crippen LogP contribution in [0.4, 0.5) is 5.82 Å². The maximum absolute atomic E-state index is 12.0. The van der Waals surface area contributed by atoms with E-state index in [-0.39, 0.29) is 5.91 Å². The molecule has 0 aliphatic rings. The molecule has 0 fully saturated rings. The lowest BCUT2D eigenvalue weighted by atomic mass is 10.2. The normalized spacial score (nSPS) is 10.8. The SMILES string of the molecule is Cc1ccc(SCCC(=O)Nc2ncnc3sccc23)cc1. The van der Waals surface area contributed by atoms with Crippen LogP contribution in [0.5, 0.6) is 0 Å². The number of carbonyl (C=O) groups is 1. The Hall–Kier alpha value is -1.92. The van der Waals surface area contributed by atoms with Crippen LogP contribution in [0.1, 0.15) is 12.0 Å². The second kappa shape index (κ2) is 6.89. The summed E-state index contributed by atoms with van der Waals surface area (Å²) in [7, 11) is 0. The molecule has 0 spiro atoms. The second-order valence-electron chi connectivity index (χ2n) is 4.82. The van der Waals surface area contributed by atoms with Crippen LogP contribution in [-0.2, 0) is 4.79 Å². The van der Waals surface area contributed by atoms with Gasteiger partial charge < -0.3 is 5.32 Å². The van der Waals surface area contributed by atoms with Gasteiger partial charge in [0.05, 0.1) is 5.39 Å². The van der Waals surface area contributed by atoms with Crippen molar-refractivity contribution in [2.24, 2.45) is 0 Å². The lowest BCUT2D eigenvalue weighted by Gasteiger charge is -2.05. The number of fused-ring (bicyclic) bond motifs is 1. The molecule has 2 aromatic heterocycles. The van der Waals surface area contributed by atoms with E-state index in [9.17, 15) is 4.79 Å². The summed E-state index contributed by atoms with van der Waals surface area (Å²) in [4.78, 5) is 22.4. The summed E-state index contributed by atoms with van der Waals surface area (Å²) in [5.74, 6) is 1.31. The van der Waals surface area contributed by atoms with Gasteiger partial charge in [0.25, 0.3) is 0 Å². The molecule has 0 saturated heterocycles. The lowest BCUT2D eigenvalue weighted by molar-refractivity contribution is -0.115. The third-order valence-corrected chi connectivity index (χ3v) is 4.97. The molecule has 0 aliphatic heterocycles. The molecule has 1 aromatic carbocycles. The minimum atomic E-state index is -0.0224. The molecule has 4 nitrogen and oxygen atoms in total. The van der Waals surface area contributed by atoms with Crippen molar-refractivity contribution in [3.63, 3.8) is 0 Å². The quantitative estimate of drug-likeness (QED) is 0.715. The average molecular weight is 329 g/mol. The van der Waals surface area contributed by atoms with Crippen molar-refractivity contribution in [1.82, 2.24) is 9.97 Å². The summed E-state index contributed by atoms with van der Waals surface area (Å²) in [5, 5.41) is 5.71. The van der Waals surface area contributed by atoms with Gasteiger partial charge in [-0.05, 0) is 30.5 Å². The van der Waals surface area contributed by atoms with Gasteiger partial charge >= 0.3 is 0 Å². The highest BCUT2D eigenvalue weighted by Crippen LogP contribution is 2.24. The monoisotopic (exact) mass is 329 g/mol. The number of thioether (sulfide) groups is 1. The number of aryl methyl sites for hydroxylation is 1. The Labute approximate surface area is 137 Å². The number of thiophene rings is 1. The molecule has 0 aliphatic carbocycles. The van der Waals surface area contributed by atoms with E-state index in [1.807, 2.05) is 11.4 Å². The fourth-order valence-electron chi connectivity index (χ4n) is 1.98. The van der Waals surface area contributed by atoms with Gasteiger partial charge in [-0.2, -0.15) is 0 Å². The zero-order chi connectivity index (χ0) is 15.4. The first kappa shape index (κ1) is 15.0. The van der Waals surface area contributed by atoms with Crippen LogP contribution in [0.15, 0.2) is 46.9 Å². The van der Waals surface area contributed by atoms with E-state index in [0.29, 0.717) is 12.2 Å². The topological polar surface area (TPSA) is 54.9 Å². The van der Waals surface area contributed by atoms with Gasteiger partial charge in [-0.3, -0.25) is 4.79 Å². The Morgan fingerprint density at radius 2 is 2.05 bits per heavy atom. The van der Waals surface area contributed by atoms with E-state index < -0.39 is 0 Å². The van der Waals surface area contributed by atoms with Crippen LogP contribution in [-0.4, -0.2) is 21.6 Å². The van der Waals surface area contributed by atoms with Crippen molar-refractivity contribution in [3.8, 4) is 0 Å². The third-order valence-electron chi connectivity index (χ3n) is 3.14. The number of benzene rings is 1. The maximum atomic E-state index is 12.0. The Morgan fingerprint density at radius 1 is 1.23 bits per heavy atom. The lowest BCUT2D eigenvalue weighted by Crippen LogP contribution is -2.13. The smallest absolute Gasteiger partial charge is 0.226 e. The van der Waals surface area contributed by atoms with Crippen LogP contribution in [0.2, 0.25) is 0 Å². The van der Waals surface area contributed by atoms with Gasteiger partial charge in [0.2, 0.25) is 5.91 Å². The molecule has 0 bridgehead atoms. The standard InChI is InChI=1S/C16H15N3OS2/c1-11-2-4-12(5-3-11)21-9-7-14(20)19-15-13-6-8-22-16(13)18-10-17-15/h2-6,8,10H,7,9H2,1H3,(H,17,18,19,20). The maximum Gasteiger partial charge on any atom is 0.226 e. The minimum Gasteiger partial charge on any atom is -0.310 e. The van der Waals surface area contributed by atoms with Crippen molar-refractivity contribution in [2.75, 3.05) is 11.1 Å². The van der Waals surface area contributed by atoms with E-state index in [2.05, 4.69) is 46.5 Å². The first-order valence-electron chi connectivity index (χ1n) is 6.90. The first-order chi connectivity index (χ1) is 10.7. The van der Waals surface area contributed by atoms with Gasteiger partial charge in [-0.1, -0.05) is 17.7 Å². The van der Waals surface area contributed by atoms with Crippen LogP contribution in [0.3, 0.4) is 0 Å². The highest BCUT2D eigenvalue weighted by molar-refractivity contribution is 7.99. The van der Waals surface area contributed by atoms with Crippen LogP contribution < -0.4 is 5.32 Å². The van der Waals surface area contributed by atoms with Crippen molar-refractivity contribution in [1.29, 1.82) is 0 Å². The van der Waals surface area contributed by atoms with Crippen molar-refractivity contribution in [3.05, 3.63) is 47.6 Å². The van der Waals surface area contributed by atoms with Gasteiger partial charge in [0.15, 0.2) is 0 Å². The van der Waals surface area contributed by atoms with E-state index >= 15 is 0 Å². The fraction of sp³-hybridized carbons (Fsp3) is 0.188. The molecule has 0 saturated carbocycles. The average Bonchev–Trinajstić information content (AvgIpc) is 2.99. The summed E-state index contributed by atoms with van der Waals surface area (Å²) in [6, 6.07) is 10.2. The molecular weight excluding hydrogens is 314 g/mol. The number of rotatable bonds is 5. The van der Waals surface area contributed by atoms with Crippen LogP contribution in [0.25, 0.3) is 10.2 Å². The number of nitrogens with zero attached hydrogens (tertiary/aromatic N) is 2. The Kier molecular flexibility index (Phi) is 4.70. The third kappa shape index (κ3) is 3.64. The largest absolute Gasteiger partial charge is 0.310 e. The molecule has 0 unspecified atom stereocenters. The second-order valence-corrected chi connectivity index (χ2v) is 6.88. The Morgan fingerprint density at radius 3 is 2.86 bits per heavy atom. The summed E-state index contributed by atoms with van der Waals surface area (Å²) in [6.45, 7) is 2.06. The van der Waals surface area contributed by atoms with Gasteiger partial charge in [0, 0.05) is 17.1 Å². The minimum absolute atomic E-state index is 0.0224. The zero-order valence-corrected chi connectivity index (χ0v) is 13.7. The van der Waals surface area contributed by atoms with E-state index in [0.717, 1.165) is 16.0 Å². The first-order valence-corrected chi connectivity index (χ1v) is 8.76. The zero-order valence-electron chi connectivity index (χ0n) is 12.1. The summed E-state index contributed by atoms with van der Waals surface area (Å²) in [6.07, 6.45) is 1.93. The predicted octanol–water partition coefficient (Wildman–Crippen LogP) is 4.12. The molecular formula is C16H15N3OS2. The molecule has 6 heteroatoms. The number of nitrogens with one attached hydrogen (secondary N) is 1. The van der Waals surface area contributed by atoms with E-state index in [4.69, 9.17) is 0 Å². The van der Waals surface area contributed by atoms with Crippen molar-refractivity contribution < 1.29 is 4.79 Å². The van der Waals surface area contributed by atoms with Gasteiger partial charge in [-0.25, -0.2) is 9.97 Å². The molecule has 2 heterocycles. The van der Waals surface area contributed by atoms with E-state index in [1.54, 1.807) is 11.8 Å². The Balaban J connectivity index is 1.54. The molecule has 3 aromatic rings. The van der Waals surface area contributed by atoms with Crippen molar-refractivity contribution >= 4 is 45.0 Å². The van der Waals surface area contributed by atoms with Crippen molar-refractivity contribution in [2.45, 2.75) is 18.2 Å². The number of amides is 1. The molecule has 22 heavy (non-hydrogen) atoms. The van der Waals surface area contributed by atoms with Gasteiger partial charge in [-0.15, -0.1) is 23.1 Å². The number of anilines is 1. The molecule has 1 amide bonds. The summed E-state index contributed by atoms with van der Waals surface area (Å²) >= 11 is 3.22. The molecule has 1 N–H and O–H groups in total. The predicted molar refractivity (Wildman–Crippen MR) is 92.6 cm³/mol. The van der Waals surface area contributed by atoms with Gasteiger partial charge in [0.1, 0.15) is 17.0 Å². The molecule has 0 atom stereocenters. The van der Waals surface area contributed by atoms with Crippen LogP contribution >= 0.6 is 23.1 Å². The summed E-state index contributed by atoms with van der Waals surface area (Å²) < 4.78 is 0. The molecule has 112 valence electrons. The van der Waals surface area contributed by atoms with Crippen LogP contribution in [0, 0.1) is 6.92 Å². The number of hydrogen-bond acceptors (Lipinski definition) is 5. The van der Waals surface area contributed by atoms with E-state index in [1.165, 1.54) is 28.1 Å². The number of hydrogen-bond donors (Lipinski definition) is 1. The number of aromatic nitrogens is 2. The number of carbonyl (C=O) groups excluding carboxylic acids is 1.